The Morgan fingerprint density at radius 1 is 1.25 bits per heavy atom. The second kappa shape index (κ2) is 6.89. The third-order valence-electron chi connectivity index (χ3n) is 3.48. The second-order valence-electron chi connectivity index (χ2n) is 6.02. The molecule has 2 aromatic rings. The zero-order chi connectivity index (χ0) is 14.5. The van der Waals surface area contributed by atoms with Crippen molar-refractivity contribution in [1.29, 1.82) is 0 Å². The van der Waals surface area contributed by atoms with Gasteiger partial charge >= 0.3 is 0 Å². The van der Waals surface area contributed by atoms with Crippen LogP contribution in [0.15, 0.2) is 18.2 Å². The van der Waals surface area contributed by atoms with Crippen LogP contribution in [0.2, 0.25) is 0 Å². The molecule has 0 unspecified atom stereocenters. The largest absolute Gasteiger partial charge is 0.328 e. The van der Waals surface area contributed by atoms with Gasteiger partial charge in [0.15, 0.2) is 0 Å². The fraction of sp³-hybridized carbons (Fsp3) is 0.588. The van der Waals surface area contributed by atoms with E-state index in [-0.39, 0.29) is 0 Å². The van der Waals surface area contributed by atoms with E-state index >= 15 is 0 Å². The molecule has 0 bridgehead atoms. The van der Waals surface area contributed by atoms with Crippen LogP contribution in [0.3, 0.4) is 0 Å². The first-order chi connectivity index (χ1) is 9.61. The highest BCUT2D eigenvalue weighted by atomic mass is 15.1. The maximum absolute atomic E-state index is 4.85. The van der Waals surface area contributed by atoms with E-state index in [0.29, 0.717) is 5.92 Å². The van der Waals surface area contributed by atoms with Crippen LogP contribution in [-0.4, -0.2) is 22.6 Å². The van der Waals surface area contributed by atoms with Crippen LogP contribution in [0.4, 0.5) is 0 Å². The molecule has 2 rings (SSSR count). The van der Waals surface area contributed by atoms with Crippen molar-refractivity contribution in [2.75, 3.05) is 13.1 Å². The van der Waals surface area contributed by atoms with Crippen molar-refractivity contribution in [2.45, 2.75) is 47.1 Å². The van der Waals surface area contributed by atoms with E-state index in [9.17, 15) is 0 Å². The average molecular weight is 273 g/mol. The van der Waals surface area contributed by atoms with E-state index in [1.54, 1.807) is 0 Å². The number of rotatable bonds is 7. The molecule has 1 aromatic carbocycles. The first-order valence-corrected chi connectivity index (χ1v) is 7.78. The maximum atomic E-state index is 4.85. The van der Waals surface area contributed by atoms with Gasteiger partial charge in [-0.3, -0.25) is 0 Å². The molecular formula is C17H27N3. The summed E-state index contributed by atoms with van der Waals surface area (Å²) in [5.74, 6) is 1.85. The summed E-state index contributed by atoms with van der Waals surface area (Å²) >= 11 is 0. The van der Waals surface area contributed by atoms with Crippen molar-refractivity contribution in [3.63, 3.8) is 0 Å². The lowest BCUT2D eigenvalue weighted by Crippen LogP contribution is -2.20. The summed E-state index contributed by atoms with van der Waals surface area (Å²) < 4.78 is 2.40. The van der Waals surface area contributed by atoms with Gasteiger partial charge in [-0.25, -0.2) is 4.98 Å². The second-order valence-corrected chi connectivity index (χ2v) is 6.02. The molecule has 1 heterocycles. The van der Waals surface area contributed by atoms with Crippen LogP contribution in [-0.2, 0) is 13.0 Å². The number of imidazole rings is 1. The summed E-state index contributed by atoms with van der Waals surface area (Å²) in [5.41, 5.74) is 3.69. The van der Waals surface area contributed by atoms with Crippen molar-refractivity contribution in [3.8, 4) is 0 Å². The lowest BCUT2D eigenvalue weighted by molar-refractivity contribution is 0.512. The number of hydrogen-bond donors (Lipinski definition) is 1. The Bertz CT molecular complexity index is 555. The van der Waals surface area contributed by atoms with Crippen molar-refractivity contribution in [3.05, 3.63) is 29.6 Å². The average Bonchev–Trinajstić information content (AvgIpc) is 2.71. The molecule has 20 heavy (non-hydrogen) atoms. The summed E-state index contributed by atoms with van der Waals surface area (Å²) in [5, 5.41) is 3.47. The van der Waals surface area contributed by atoms with Gasteiger partial charge in [-0.15, -0.1) is 0 Å². The number of aromatic nitrogens is 2. The van der Waals surface area contributed by atoms with Gasteiger partial charge in [-0.1, -0.05) is 26.8 Å². The number of nitrogens with one attached hydrogen (secondary N) is 1. The molecule has 0 aliphatic carbocycles. The first-order valence-electron chi connectivity index (χ1n) is 7.78. The lowest BCUT2D eigenvalue weighted by atomic mass is 10.2. The quantitative estimate of drug-likeness (QED) is 0.782. The van der Waals surface area contributed by atoms with E-state index in [0.717, 1.165) is 31.6 Å². The summed E-state index contributed by atoms with van der Waals surface area (Å²) in [6, 6.07) is 6.58. The van der Waals surface area contributed by atoms with E-state index in [2.05, 4.69) is 55.8 Å². The zero-order valence-corrected chi connectivity index (χ0v) is 13.2. The lowest BCUT2D eigenvalue weighted by Gasteiger charge is -2.12. The molecule has 1 N–H and O–H groups in total. The zero-order valence-electron chi connectivity index (χ0n) is 13.2. The highest BCUT2D eigenvalue weighted by Crippen LogP contribution is 2.19. The number of hydrogen-bond acceptors (Lipinski definition) is 2. The van der Waals surface area contributed by atoms with Crippen molar-refractivity contribution in [2.24, 2.45) is 5.92 Å². The standard InChI is InChI=1S/C17H27N3/c1-5-9-18-10-8-17-19-15-11-14(4)6-7-16(15)20(17)12-13(2)3/h6-7,11,13,18H,5,8-10,12H2,1-4H3. The number of aryl methyl sites for hydroxylation is 1. The Labute approximate surface area is 122 Å². The van der Waals surface area contributed by atoms with Gasteiger partial charge in [0, 0.05) is 19.5 Å². The van der Waals surface area contributed by atoms with Gasteiger partial charge < -0.3 is 9.88 Å². The van der Waals surface area contributed by atoms with Crippen LogP contribution < -0.4 is 5.32 Å². The monoisotopic (exact) mass is 273 g/mol. The number of fused-ring (bicyclic) bond motifs is 1. The molecule has 1 aromatic heterocycles. The van der Waals surface area contributed by atoms with Crippen molar-refractivity contribution < 1.29 is 0 Å². The smallest absolute Gasteiger partial charge is 0.111 e. The third kappa shape index (κ3) is 3.60. The van der Waals surface area contributed by atoms with Crippen LogP contribution >= 0.6 is 0 Å². The Morgan fingerprint density at radius 2 is 2.05 bits per heavy atom. The molecule has 0 saturated heterocycles. The number of nitrogens with zero attached hydrogens (tertiary/aromatic N) is 2. The fourth-order valence-electron chi connectivity index (χ4n) is 2.55. The Kier molecular flexibility index (Phi) is 5.18. The van der Waals surface area contributed by atoms with E-state index in [4.69, 9.17) is 4.98 Å². The Morgan fingerprint density at radius 3 is 2.75 bits per heavy atom. The molecule has 0 saturated carbocycles. The van der Waals surface area contributed by atoms with Crippen LogP contribution in [0.5, 0.6) is 0 Å². The van der Waals surface area contributed by atoms with Crippen LogP contribution in [0.25, 0.3) is 11.0 Å². The summed E-state index contributed by atoms with van der Waals surface area (Å²) in [6.07, 6.45) is 2.18. The Hall–Kier alpha value is -1.35. The van der Waals surface area contributed by atoms with Gasteiger partial charge in [0.05, 0.1) is 11.0 Å². The first kappa shape index (κ1) is 15.0. The third-order valence-corrected chi connectivity index (χ3v) is 3.48. The molecule has 3 heteroatoms. The highest BCUT2D eigenvalue weighted by molar-refractivity contribution is 5.76. The van der Waals surface area contributed by atoms with E-state index in [1.807, 2.05) is 0 Å². The molecular weight excluding hydrogens is 246 g/mol. The Balaban J connectivity index is 2.26. The molecule has 0 radical (unpaired) electrons. The molecule has 0 aliphatic rings. The van der Waals surface area contributed by atoms with Crippen molar-refractivity contribution in [1.82, 2.24) is 14.9 Å². The number of benzene rings is 1. The normalized spacial score (nSPS) is 11.7. The summed E-state index contributed by atoms with van der Waals surface area (Å²) in [7, 11) is 0. The van der Waals surface area contributed by atoms with Gasteiger partial charge in [0.2, 0.25) is 0 Å². The molecule has 0 amide bonds. The minimum atomic E-state index is 0.635. The predicted octanol–water partition coefficient (Wildman–Crippen LogP) is 3.54. The summed E-state index contributed by atoms with van der Waals surface area (Å²) in [6.45, 7) is 12.0. The molecule has 0 aliphatic heterocycles. The molecule has 0 fully saturated rings. The van der Waals surface area contributed by atoms with Crippen molar-refractivity contribution >= 4 is 11.0 Å². The van der Waals surface area contributed by atoms with E-state index in [1.165, 1.54) is 23.3 Å². The van der Waals surface area contributed by atoms with E-state index < -0.39 is 0 Å². The van der Waals surface area contributed by atoms with Gasteiger partial charge in [-0.2, -0.15) is 0 Å². The minimum absolute atomic E-state index is 0.635. The van der Waals surface area contributed by atoms with Crippen LogP contribution in [0.1, 0.15) is 38.6 Å². The van der Waals surface area contributed by atoms with Crippen LogP contribution in [0, 0.1) is 12.8 Å². The maximum Gasteiger partial charge on any atom is 0.111 e. The summed E-state index contributed by atoms with van der Waals surface area (Å²) in [4.78, 5) is 4.85. The SMILES string of the molecule is CCCNCCc1nc2cc(C)ccc2n1CC(C)C. The molecule has 0 atom stereocenters. The highest BCUT2D eigenvalue weighted by Gasteiger charge is 2.11. The molecule has 3 nitrogen and oxygen atoms in total. The predicted molar refractivity (Wildman–Crippen MR) is 86.2 cm³/mol. The molecule has 110 valence electrons. The van der Waals surface area contributed by atoms with Gasteiger partial charge in [-0.05, 0) is 43.5 Å². The topological polar surface area (TPSA) is 29.9 Å². The minimum Gasteiger partial charge on any atom is -0.328 e. The fourth-order valence-corrected chi connectivity index (χ4v) is 2.55. The van der Waals surface area contributed by atoms with Gasteiger partial charge in [0.25, 0.3) is 0 Å². The van der Waals surface area contributed by atoms with Gasteiger partial charge in [0.1, 0.15) is 5.82 Å². The molecule has 0 spiro atoms.